The Morgan fingerprint density at radius 2 is 1.95 bits per heavy atom. The average molecular weight is 284 g/mol. The molecule has 0 saturated carbocycles. The van der Waals surface area contributed by atoms with E-state index in [4.69, 9.17) is 14.2 Å². The molecule has 0 N–H and O–H groups in total. The predicted molar refractivity (Wildman–Crippen MR) is 78.5 cm³/mol. The fourth-order valence-corrected chi connectivity index (χ4v) is 2.36. The average Bonchev–Trinajstić information content (AvgIpc) is 2.54. The van der Waals surface area contributed by atoms with Crippen molar-refractivity contribution in [3.05, 3.63) is 53.6 Å². The number of ketones is 1. The number of benzene rings is 2. The van der Waals surface area contributed by atoms with Gasteiger partial charge >= 0.3 is 0 Å². The van der Waals surface area contributed by atoms with Crippen LogP contribution in [0, 0.1) is 0 Å². The summed E-state index contributed by atoms with van der Waals surface area (Å²) < 4.78 is 16.3. The molecule has 21 heavy (non-hydrogen) atoms. The highest BCUT2D eigenvalue weighted by molar-refractivity contribution is 6.00. The van der Waals surface area contributed by atoms with Crippen molar-refractivity contribution in [3.63, 3.8) is 0 Å². The van der Waals surface area contributed by atoms with E-state index in [1.54, 1.807) is 13.2 Å². The number of hydrogen-bond acceptors (Lipinski definition) is 4. The first-order valence-electron chi connectivity index (χ1n) is 6.82. The third-order valence-electron chi connectivity index (χ3n) is 3.37. The summed E-state index contributed by atoms with van der Waals surface area (Å²) in [6.45, 7) is 0.983. The quantitative estimate of drug-likeness (QED) is 0.810. The second-order valence-corrected chi connectivity index (χ2v) is 4.78. The van der Waals surface area contributed by atoms with Crippen LogP contribution in [0.5, 0.6) is 17.2 Å². The summed E-state index contributed by atoms with van der Waals surface area (Å²) in [5.41, 5.74) is 1.48. The van der Waals surface area contributed by atoms with Crippen molar-refractivity contribution in [1.82, 2.24) is 0 Å². The van der Waals surface area contributed by atoms with Gasteiger partial charge in [0.25, 0.3) is 0 Å². The molecule has 0 fully saturated rings. The molecule has 0 aromatic heterocycles. The standard InChI is InChI=1S/C17H16O4/c1-19-13-5-2-4-12(10-13)11-15(18)14-6-3-7-16-17(14)21-9-8-20-16/h2-7,10H,8-9,11H2,1H3. The number of methoxy groups -OCH3 is 1. The zero-order valence-electron chi connectivity index (χ0n) is 11.8. The van der Waals surface area contributed by atoms with E-state index in [-0.39, 0.29) is 5.78 Å². The monoisotopic (exact) mass is 284 g/mol. The largest absolute Gasteiger partial charge is 0.497 e. The van der Waals surface area contributed by atoms with Crippen LogP contribution in [-0.4, -0.2) is 26.1 Å². The Hall–Kier alpha value is -2.49. The lowest BCUT2D eigenvalue weighted by Crippen LogP contribution is -2.18. The summed E-state index contributed by atoms with van der Waals surface area (Å²) in [6.07, 6.45) is 0.303. The lowest BCUT2D eigenvalue weighted by molar-refractivity contribution is 0.0982. The molecule has 3 rings (SSSR count). The van der Waals surface area contributed by atoms with Crippen LogP contribution >= 0.6 is 0 Å². The first-order valence-corrected chi connectivity index (χ1v) is 6.82. The SMILES string of the molecule is COc1cccc(CC(=O)c2cccc3c2OCCO3)c1. The molecule has 1 aliphatic rings. The normalized spacial score (nSPS) is 12.8. The fourth-order valence-electron chi connectivity index (χ4n) is 2.36. The van der Waals surface area contributed by atoms with Crippen molar-refractivity contribution >= 4 is 5.78 Å². The van der Waals surface area contributed by atoms with Crippen LogP contribution in [0.1, 0.15) is 15.9 Å². The lowest BCUT2D eigenvalue weighted by atomic mass is 10.0. The van der Waals surface area contributed by atoms with Crippen LogP contribution in [-0.2, 0) is 6.42 Å². The Labute approximate surface area is 123 Å². The number of carbonyl (C=O) groups excluding carboxylic acids is 1. The Bertz CT molecular complexity index is 664. The van der Waals surface area contributed by atoms with Gasteiger partial charge in [-0.3, -0.25) is 4.79 Å². The number of rotatable bonds is 4. The van der Waals surface area contributed by atoms with Crippen LogP contribution in [0.4, 0.5) is 0 Å². The molecule has 0 radical (unpaired) electrons. The van der Waals surface area contributed by atoms with Gasteiger partial charge in [0.2, 0.25) is 0 Å². The summed E-state index contributed by atoms with van der Waals surface area (Å²) in [5, 5.41) is 0. The van der Waals surface area contributed by atoms with Crippen LogP contribution in [0.25, 0.3) is 0 Å². The van der Waals surface area contributed by atoms with Gasteiger partial charge in [0.05, 0.1) is 12.7 Å². The topological polar surface area (TPSA) is 44.8 Å². The van der Waals surface area contributed by atoms with Crippen molar-refractivity contribution in [2.75, 3.05) is 20.3 Å². The number of Topliss-reactive ketones (excluding diaryl/α,β-unsaturated/α-hetero) is 1. The van der Waals surface area contributed by atoms with Crippen molar-refractivity contribution in [1.29, 1.82) is 0 Å². The molecule has 0 amide bonds. The molecule has 0 unspecified atom stereocenters. The van der Waals surface area contributed by atoms with Gasteiger partial charge in [-0.1, -0.05) is 18.2 Å². The number of hydrogen-bond donors (Lipinski definition) is 0. The Kier molecular flexibility index (Phi) is 3.77. The molecular weight excluding hydrogens is 268 g/mol. The lowest BCUT2D eigenvalue weighted by Gasteiger charge is -2.20. The van der Waals surface area contributed by atoms with Gasteiger partial charge in [-0.05, 0) is 29.8 Å². The van der Waals surface area contributed by atoms with Crippen molar-refractivity contribution in [3.8, 4) is 17.2 Å². The van der Waals surface area contributed by atoms with Crippen molar-refractivity contribution in [2.45, 2.75) is 6.42 Å². The first-order chi connectivity index (χ1) is 10.3. The molecule has 0 atom stereocenters. The highest BCUT2D eigenvalue weighted by Crippen LogP contribution is 2.34. The van der Waals surface area contributed by atoms with Crippen LogP contribution in [0.3, 0.4) is 0 Å². The van der Waals surface area contributed by atoms with Gasteiger partial charge < -0.3 is 14.2 Å². The Morgan fingerprint density at radius 3 is 2.81 bits per heavy atom. The van der Waals surface area contributed by atoms with Crippen molar-refractivity contribution in [2.24, 2.45) is 0 Å². The second kappa shape index (κ2) is 5.87. The third kappa shape index (κ3) is 2.84. The molecule has 1 aliphatic heterocycles. The van der Waals surface area contributed by atoms with E-state index >= 15 is 0 Å². The van der Waals surface area contributed by atoms with Crippen LogP contribution in [0.15, 0.2) is 42.5 Å². The molecule has 0 bridgehead atoms. The van der Waals surface area contributed by atoms with Gasteiger partial charge in [0.15, 0.2) is 17.3 Å². The molecule has 0 spiro atoms. The minimum atomic E-state index is 0.00519. The first kappa shape index (κ1) is 13.5. The van der Waals surface area contributed by atoms with E-state index in [1.165, 1.54) is 0 Å². The third-order valence-corrected chi connectivity index (χ3v) is 3.37. The molecule has 4 nitrogen and oxygen atoms in total. The van der Waals surface area contributed by atoms with Gasteiger partial charge in [-0.15, -0.1) is 0 Å². The number of fused-ring (bicyclic) bond motifs is 1. The summed E-state index contributed by atoms with van der Waals surface area (Å²) in [6, 6.07) is 12.9. The molecule has 0 saturated heterocycles. The molecular formula is C17H16O4. The molecule has 2 aromatic rings. The summed E-state index contributed by atoms with van der Waals surface area (Å²) in [7, 11) is 1.61. The minimum absolute atomic E-state index is 0.00519. The molecule has 2 aromatic carbocycles. The minimum Gasteiger partial charge on any atom is -0.497 e. The predicted octanol–water partition coefficient (Wildman–Crippen LogP) is 2.89. The molecule has 4 heteroatoms. The number of carbonyl (C=O) groups is 1. The van der Waals surface area contributed by atoms with E-state index < -0.39 is 0 Å². The molecule has 108 valence electrons. The van der Waals surface area contributed by atoms with E-state index in [2.05, 4.69) is 0 Å². The fraction of sp³-hybridized carbons (Fsp3) is 0.235. The zero-order chi connectivity index (χ0) is 14.7. The van der Waals surface area contributed by atoms with Crippen LogP contribution < -0.4 is 14.2 Å². The highest BCUT2D eigenvalue weighted by atomic mass is 16.6. The summed E-state index contributed by atoms with van der Waals surface area (Å²) in [5.74, 6) is 1.94. The van der Waals surface area contributed by atoms with Gasteiger partial charge in [-0.2, -0.15) is 0 Å². The maximum atomic E-state index is 12.5. The zero-order valence-corrected chi connectivity index (χ0v) is 11.8. The van der Waals surface area contributed by atoms with Gasteiger partial charge in [-0.25, -0.2) is 0 Å². The van der Waals surface area contributed by atoms with Gasteiger partial charge in [0, 0.05) is 6.42 Å². The maximum Gasteiger partial charge on any atom is 0.172 e. The second-order valence-electron chi connectivity index (χ2n) is 4.78. The summed E-state index contributed by atoms with van der Waals surface area (Å²) >= 11 is 0. The van der Waals surface area contributed by atoms with Crippen LogP contribution in [0.2, 0.25) is 0 Å². The smallest absolute Gasteiger partial charge is 0.172 e. The molecule has 0 aliphatic carbocycles. The number of para-hydroxylation sites is 1. The van der Waals surface area contributed by atoms with E-state index in [0.717, 1.165) is 11.3 Å². The van der Waals surface area contributed by atoms with E-state index in [9.17, 15) is 4.79 Å². The Morgan fingerprint density at radius 1 is 1.14 bits per heavy atom. The molecule has 1 heterocycles. The van der Waals surface area contributed by atoms with E-state index in [1.807, 2.05) is 36.4 Å². The van der Waals surface area contributed by atoms with E-state index in [0.29, 0.717) is 36.7 Å². The Balaban J connectivity index is 1.85. The number of ether oxygens (including phenoxy) is 3. The maximum absolute atomic E-state index is 12.5. The van der Waals surface area contributed by atoms with Crippen molar-refractivity contribution < 1.29 is 19.0 Å². The highest BCUT2D eigenvalue weighted by Gasteiger charge is 2.20. The van der Waals surface area contributed by atoms with Gasteiger partial charge in [0.1, 0.15) is 19.0 Å². The summed E-state index contributed by atoms with van der Waals surface area (Å²) in [4.78, 5) is 12.5.